The maximum atomic E-state index is 11.2. The number of rotatable bonds is 1. The number of fused-ring (bicyclic) bond motifs is 1. The molecule has 118 valence electrons. The van der Waals surface area contributed by atoms with Crippen LogP contribution in [0.15, 0.2) is 45.4 Å². The van der Waals surface area contributed by atoms with Gasteiger partial charge >= 0.3 is 0 Å². The molecule has 22 heavy (non-hydrogen) atoms. The van der Waals surface area contributed by atoms with Crippen molar-refractivity contribution in [3.8, 4) is 0 Å². The van der Waals surface area contributed by atoms with Gasteiger partial charge in [-0.2, -0.15) is 8.42 Å². The van der Waals surface area contributed by atoms with Gasteiger partial charge in [0.1, 0.15) is 0 Å². The van der Waals surface area contributed by atoms with Crippen molar-refractivity contribution >= 4 is 21.5 Å². The zero-order chi connectivity index (χ0) is 16.2. The minimum Gasteiger partial charge on any atom is -0.312 e. The summed E-state index contributed by atoms with van der Waals surface area (Å²) in [6.45, 7) is 3.52. The monoisotopic (exact) mass is 339 g/mol. The molecule has 1 aliphatic rings. The fourth-order valence-corrected chi connectivity index (χ4v) is 3.55. The summed E-state index contributed by atoms with van der Waals surface area (Å²) in [5.41, 5.74) is 1.97. The SMILES string of the molecule is Cc1cccc(S(=O)(=O)O)c1.O=c1ccsc2c1CNCC2. The number of hydrogen-bond acceptors (Lipinski definition) is 5. The van der Waals surface area contributed by atoms with E-state index in [9.17, 15) is 13.2 Å². The number of benzene rings is 1. The Hall–Kier alpha value is -1.54. The number of hydrogen-bond donors (Lipinski definition) is 2. The lowest BCUT2D eigenvalue weighted by atomic mass is 10.1. The summed E-state index contributed by atoms with van der Waals surface area (Å²) in [5, 5.41) is 5.07. The Morgan fingerprint density at radius 1 is 1.27 bits per heavy atom. The molecule has 0 amide bonds. The Morgan fingerprint density at radius 2 is 2.05 bits per heavy atom. The summed E-state index contributed by atoms with van der Waals surface area (Å²) in [4.78, 5) is 12.4. The van der Waals surface area contributed by atoms with Gasteiger partial charge in [0.25, 0.3) is 10.1 Å². The molecule has 1 aromatic carbocycles. The van der Waals surface area contributed by atoms with E-state index < -0.39 is 10.1 Å². The Morgan fingerprint density at radius 3 is 2.64 bits per heavy atom. The highest BCUT2D eigenvalue weighted by Crippen LogP contribution is 2.13. The Labute approximate surface area is 133 Å². The molecule has 2 heterocycles. The van der Waals surface area contributed by atoms with Gasteiger partial charge in [0.05, 0.1) is 4.90 Å². The summed E-state index contributed by atoms with van der Waals surface area (Å²) in [7, 11) is -4.03. The van der Waals surface area contributed by atoms with E-state index in [4.69, 9.17) is 4.55 Å². The van der Waals surface area contributed by atoms with Gasteiger partial charge in [-0.25, -0.2) is 0 Å². The first kappa shape index (κ1) is 16.8. The van der Waals surface area contributed by atoms with Crippen LogP contribution in [0.2, 0.25) is 0 Å². The van der Waals surface area contributed by atoms with Gasteiger partial charge in [-0.15, -0.1) is 11.3 Å². The fraction of sp³-hybridized carbons (Fsp3) is 0.267. The van der Waals surface area contributed by atoms with E-state index in [2.05, 4.69) is 5.32 Å². The van der Waals surface area contributed by atoms with Crippen molar-refractivity contribution in [1.29, 1.82) is 0 Å². The lowest BCUT2D eigenvalue weighted by Gasteiger charge is -2.13. The van der Waals surface area contributed by atoms with E-state index in [1.807, 2.05) is 5.38 Å². The van der Waals surface area contributed by atoms with Crippen molar-refractivity contribution in [2.45, 2.75) is 24.8 Å². The molecule has 0 bridgehead atoms. The molecule has 0 unspecified atom stereocenters. The molecule has 0 aliphatic carbocycles. The Kier molecular flexibility index (Phi) is 5.47. The molecule has 0 saturated carbocycles. The second kappa shape index (κ2) is 7.15. The van der Waals surface area contributed by atoms with Crippen LogP contribution in [0.4, 0.5) is 0 Å². The highest BCUT2D eigenvalue weighted by Gasteiger charge is 2.10. The third kappa shape index (κ3) is 4.48. The smallest absolute Gasteiger partial charge is 0.294 e. The van der Waals surface area contributed by atoms with Gasteiger partial charge in [0.2, 0.25) is 0 Å². The first-order valence-electron chi connectivity index (χ1n) is 6.72. The van der Waals surface area contributed by atoms with E-state index >= 15 is 0 Å². The highest BCUT2D eigenvalue weighted by molar-refractivity contribution is 7.85. The van der Waals surface area contributed by atoms with Gasteiger partial charge in [0.15, 0.2) is 5.43 Å². The fourth-order valence-electron chi connectivity index (χ4n) is 2.07. The first-order chi connectivity index (χ1) is 10.4. The first-order valence-corrected chi connectivity index (χ1v) is 9.04. The summed E-state index contributed by atoms with van der Waals surface area (Å²) in [6, 6.07) is 7.75. The van der Waals surface area contributed by atoms with Crippen LogP contribution < -0.4 is 10.7 Å². The van der Waals surface area contributed by atoms with E-state index in [0.717, 1.165) is 30.6 Å². The highest BCUT2D eigenvalue weighted by atomic mass is 32.2. The molecule has 0 atom stereocenters. The standard InChI is InChI=1S/C8H9NOS.C7H8O3S/c10-7-2-4-11-8-1-3-9-5-6(7)8;1-6-3-2-4-7(5-6)11(8,9)10/h2,4,9H,1,3,5H2;2-5H,1H3,(H,8,9,10). The van der Waals surface area contributed by atoms with Gasteiger partial charge < -0.3 is 5.32 Å². The van der Waals surface area contributed by atoms with Crippen LogP contribution in [0, 0.1) is 6.92 Å². The van der Waals surface area contributed by atoms with Crippen LogP contribution in [-0.2, 0) is 23.1 Å². The van der Waals surface area contributed by atoms with Crippen LogP contribution in [0.25, 0.3) is 0 Å². The quantitative estimate of drug-likeness (QED) is 0.777. The summed E-state index contributed by atoms with van der Waals surface area (Å²) < 4.78 is 29.7. The molecule has 3 rings (SSSR count). The Balaban J connectivity index is 0.000000160. The molecule has 0 fully saturated rings. The van der Waals surface area contributed by atoms with Gasteiger partial charge in [-0.3, -0.25) is 9.35 Å². The average molecular weight is 339 g/mol. The molecule has 1 aliphatic heterocycles. The Bertz CT molecular complexity index is 812. The topological polar surface area (TPSA) is 83.5 Å². The van der Waals surface area contributed by atoms with Crippen molar-refractivity contribution < 1.29 is 13.0 Å². The average Bonchev–Trinajstić information content (AvgIpc) is 2.48. The molecule has 7 heteroatoms. The molecular formula is C15H17NO4S2. The zero-order valence-electron chi connectivity index (χ0n) is 12.1. The predicted octanol–water partition coefficient (Wildman–Crippen LogP) is 2.00. The molecule has 2 N–H and O–H groups in total. The lowest BCUT2D eigenvalue weighted by Crippen LogP contribution is -2.27. The van der Waals surface area contributed by atoms with Gasteiger partial charge in [0, 0.05) is 23.5 Å². The van der Waals surface area contributed by atoms with E-state index in [-0.39, 0.29) is 10.3 Å². The van der Waals surface area contributed by atoms with Crippen LogP contribution in [-0.4, -0.2) is 19.5 Å². The molecule has 1 aromatic heterocycles. The maximum Gasteiger partial charge on any atom is 0.294 e. The third-order valence-corrected chi connectivity index (χ3v) is 5.04. The molecule has 0 radical (unpaired) electrons. The normalized spacial score (nSPS) is 13.7. The van der Waals surface area contributed by atoms with Crippen LogP contribution in [0.1, 0.15) is 16.0 Å². The van der Waals surface area contributed by atoms with E-state index in [0.29, 0.717) is 0 Å². The van der Waals surface area contributed by atoms with Crippen LogP contribution in [0.3, 0.4) is 0 Å². The van der Waals surface area contributed by atoms with Crippen molar-refractivity contribution in [2.75, 3.05) is 6.54 Å². The second-order valence-corrected chi connectivity index (χ2v) is 7.33. The molecule has 0 spiro atoms. The van der Waals surface area contributed by atoms with Gasteiger partial charge in [-0.1, -0.05) is 12.1 Å². The molecule has 5 nitrogen and oxygen atoms in total. The second-order valence-electron chi connectivity index (χ2n) is 4.90. The minimum atomic E-state index is -4.03. The maximum absolute atomic E-state index is 11.2. The summed E-state index contributed by atoms with van der Waals surface area (Å²) >= 11 is 1.69. The van der Waals surface area contributed by atoms with Crippen molar-refractivity contribution in [1.82, 2.24) is 5.32 Å². The van der Waals surface area contributed by atoms with Crippen LogP contribution >= 0.6 is 11.3 Å². The minimum absolute atomic E-state index is 0.0579. The third-order valence-electron chi connectivity index (χ3n) is 3.18. The largest absolute Gasteiger partial charge is 0.312 e. The van der Waals surface area contributed by atoms with Crippen molar-refractivity contribution in [3.63, 3.8) is 0 Å². The van der Waals surface area contributed by atoms with Crippen molar-refractivity contribution in [3.05, 3.63) is 61.9 Å². The summed E-state index contributed by atoms with van der Waals surface area (Å²) in [5.74, 6) is 0. The number of aryl methyl sites for hydroxylation is 1. The van der Waals surface area contributed by atoms with Crippen molar-refractivity contribution in [2.24, 2.45) is 0 Å². The predicted molar refractivity (Wildman–Crippen MR) is 87.0 cm³/mol. The van der Waals surface area contributed by atoms with Crippen LogP contribution in [0.5, 0.6) is 0 Å². The molecule has 2 aromatic rings. The van der Waals surface area contributed by atoms with E-state index in [1.165, 1.54) is 17.0 Å². The number of nitrogens with one attached hydrogen (secondary N) is 1. The zero-order valence-corrected chi connectivity index (χ0v) is 13.7. The van der Waals surface area contributed by atoms with Gasteiger partial charge in [-0.05, 0) is 42.5 Å². The lowest BCUT2D eigenvalue weighted by molar-refractivity contribution is 0.483. The van der Waals surface area contributed by atoms with E-state index in [1.54, 1.807) is 36.5 Å². The summed E-state index contributed by atoms with van der Waals surface area (Å²) in [6.07, 6.45) is 1.01. The molecule has 0 saturated heterocycles. The molecular weight excluding hydrogens is 322 g/mol.